The quantitative estimate of drug-likeness (QED) is 0.330. The summed E-state index contributed by atoms with van der Waals surface area (Å²) >= 11 is 2.27. The van der Waals surface area contributed by atoms with Crippen LogP contribution in [0.15, 0.2) is 52.3 Å². The fraction of sp³-hybridized carbons (Fsp3) is 0.333. The summed E-state index contributed by atoms with van der Waals surface area (Å²) in [5, 5.41) is -0.0967. The van der Waals surface area contributed by atoms with E-state index in [4.69, 9.17) is 14.2 Å². The predicted octanol–water partition coefficient (Wildman–Crippen LogP) is 3.88. The Kier molecular flexibility index (Phi) is 7.31. The van der Waals surface area contributed by atoms with Gasteiger partial charge in [-0.1, -0.05) is 46.9 Å². The molecule has 198 valence electrons. The maximum Gasteiger partial charge on any atom is 0.344 e. The second kappa shape index (κ2) is 10.7. The summed E-state index contributed by atoms with van der Waals surface area (Å²) < 4.78 is 16.4. The van der Waals surface area contributed by atoms with E-state index in [1.165, 1.54) is 16.7 Å². The number of anilines is 1. The molecule has 0 spiro atoms. The zero-order valence-corrected chi connectivity index (χ0v) is 22.6. The molecule has 0 bridgehead atoms. The summed E-state index contributed by atoms with van der Waals surface area (Å²) in [6, 6.07) is 12.5. The molecular formula is C27H26N2O7S2. The molecule has 2 amide bonds. The van der Waals surface area contributed by atoms with Gasteiger partial charge in [0.25, 0.3) is 0 Å². The number of aryl methyl sites for hydroxylation is 1. The molecule has 1 saturated heterocycles. The summed E-state index contributed by atoms with van der Waals surface area (Å²) in [7, 11) is 0. The first-order chi connectivity index (χ1) is 18.3. The average Bonchev–Trinajstić information content (AvgIpc) is 3.38. The Morgan fingerprint density at radius 1 is 0.974 bits per heavy atom. The zero-order chi connectivity index (χ0) is 27.0. The van der Waals surface area contributed by atoms with Crippen LogP contribution in [-0.2, 0) is 19.1 Å². The molecule has 9 nitrogen and oxygen atoms in total. The standard InChI is InChI=1S/C27H26N2O7S2/c1-4-34-18-12-15(8-11-17(18)36-13-19(30)35-5-2)20-21-23(37-24-22(20)38-27(33)28-24)26(32)29(25(21)31)16-9-6-14(3)7-10-16/h6-12,20-21,23H,4-5,13H2,1-3H3,(H,28,33)/t20-,21-,23+/m0/s1. The maximum atomic E-state index is 13.9. The van der Waals surface area contributed by atoms with Crippen molar-refractivity contribution in [1.29, 1.82) is 0 Å². The molecule has 11 heteroatoms. The van der Waals surface area contributed by atoms with Crippen LogP contribution in [0.4, 0.5) is 5.69 Å². The van der Waals surface area contributed by atoms with E-state index in [0.717, 1.165) is 16.9 Å². The molecule has 2 aliphatic heterocycles. The number of H-pyrrole nitrogens is 1. The molecule has 38 heavy (non-hydrogen) atoms. The Morgan fingerprint density at radius 3 is 2.45 bits per heavy atom. The van der Waals surface area contributed by atoms with Crippen molar-refractivity contribution in [2.24, 2.45) is 5.92 Å². The molecule has 3 atom stereocenters. The summed E-state index contributed by atoms with van der Waals surface area (Å²) in [5.41, 5.74) is 2.25. The Labute approximate surface area is 227 Å². The van der Waals surface area contributed by atoms with Crippen molar-refractivity contribution < 1.29 is 28.6 Å². The van der Waals surface area contributed by atoms with Crippen molar-refractivity contribution in [2.45, 2.75) is 37.0 Å². The number of rotatable bonds is 8. The van der Waals surface area contributed by atoms with Gasteiger partial charge in [-0.15, -0.1) is 0 Å². The molecule has 2 aromatic carbocycles. The number of esters is 1. The molecule has 1 aromatic heterocycles. The number of thiazole rings is 1. The first-order valence-electron chi connectivity index (χ1n) is 12.2. The van der Waals surface area contributed by atoms with Crippen LogP contribution in [-0.4, -0.2) is 47.8 Å². The second-order valence-corrected chi connectivity index (χ2v) is 11.0. The van der Waals surface area contributed by atoms with Gasteiger partial charge in [0.2, 0.25) is 11.8 Å². The molecule has 3 heterocycles. The third-order valence-electron chi connectivity index (χ3n) is 6.39. The Balaban J connectivity index is 1.55. The van der Waals surface area contributed by atoms with Crippen molar-refractivity contribution in [3.05, 3.63) is 68.1 Å². The van der Waals surface area contributed by atoms with Gasteiger partial charge in [-0.2, -0.15) is 0 Å². The van der Waals surface area contributed by atoms with Crippen LogP contribution < -0.4 is 19.2 Å². The Bertz CT molecular complexity index is 1450. The zero-order valence-electron chi connectivity index (χ0n) is 21.0. The molecule has 0 radical (unpaired) electrons. The van der Waals surface area contributed by atoms with Crippen LogP contribution >= 0.6 is 23.1 Å². The van der Waals surface area contributed by atoms with E-state index >= 15 is 0 Å². The Morgan fingerprint density at radius 2 is 1.74 bits per heavy atom. The highest BCUT2D eigenvalue weighted by Crippen LogP contribution is 2.53. The van der Waals surface area contributed by atoms with Gasteiger partial charge >= 0.3 is 10.8 Å². The molecule has 5 rings (SSSR count). The molecule has 0 unspecified atom stereocenters. The summed E-state index contributed by atoms with van der Waals surface area (Å²) in [5.74, 6) is -1.65. The summed E-state index contributed by atoms with van der Waals surface area (Å²) in [4.78, 5) is 56.1. The lowest BCUT2D eigenvalue weighted by Crippen LogP contribution is -2.32. The van der Waals surface area contributed by atoms with Crippen LogP contribution in [0.3, 0.4) is 0 Å². The number of carbonyl (C=O) groups is 3. The average molecular weight is 555 g/mol. The molecule has 1 fully saturated rings. The number of carbonyl (C=O) groups excluding carboxylic acids is 3. The SMILES string of the molecule is CCOC(=O)COc1ccc([C@@H]2c3sc(=O)[nH]c3S[C@H]3C(=O)N(c4ccc(C)cc4)C(=O)[C@@H]23)cc1OCC. The lowest BCUT2D eigenvalue weighted by Gasteiger charge is -2.30. The highest BCUT2D eigenvalue weighted by molar-refractivity contribution is 8.00. The fourth-order valence-electron chi connectivity index (χ4n) is 4.77. The minimum Gasteiger partial charge on any atom is -0.490 e. The smallest absolute Gasteiger partial charge is 0.344 e. The first-order valence-corrected chi connectivity index (χ1v) is 13.9. The van der Waals surface area contributed by atoms with Gasteiger partial charge in [-0.05, 0) is 50.6 Å². The lowest BCUT2D eigenvalue weighted by atomic mass is 9.83. The first kappa shape index (κ1) is 26.1. The number of hydrogen-bond acceptors (Lipinski definition) is 9. The number of amides is 2. The van der Waals surface area contributed by atoms with Gasteiger partial charge in [0.1, 0.15) is 5.25 Å². The van der Waals surface area contributed by atoms with E-state index in [9.17, 15) is 19.2 Å². The lowest BCUT2D eigenvalue weighted by molar-refractivity contribution is -0.145. The number of aromatic amines is 1. The number of hydrogen-bond donors (Lipinski definition) is 1. The largest absolute Gasteiger partial charge is 0.490 e. The normalized spacial score (nSPS) is 20.2. The third kappa shape index (κ3) is 4.71. The van der Waals surface area contributed by atoms with Gasteiger partial charge in [-0.25, -0.2) is 9.69 Å². The molecule has 0 saturated carbocycles. The third-order valence-corrected chi connectivity index (χ3v) is 8.79. The molecule has 1 N–H and O–H groups in total. The van der Waals surface area contributed by atoms with Crippen LogP contribution in [0, 0.1) is 12.8 Å². The van der Waals surface area contributed by atoms with E-state index in [1.54, 1.807) is 37.3 Å². The minimum atomic E-state index is -0.714. The number of aromatic nitrogens is 1. The Hall–Kier alpha value is -3.57. The van der Waals surface area contributed by atoms with Crippen LogP contribution in [0.1, 0.15) is 35.8 Å². The highest BCUT2D eigenvalue weighted by Gasteiger charge is 2.56. The van der Waals surface area contributed by atoms with Gasteiger partial charge in [0.05, 0.1) is 29.8 Å². The molecule has 2 aliphatic rings. The van der Waals surface area contributed by atoms with Crippen molar-refractivity contribution >= 4 is 46.6 Å². The number of nitrogens with one attached hydrogen (secondary N) is 1. The number of fused-ring (bicyclic) bond motifs is 2. The van der Waals surface area contributed by atoms with Crippen LogP contribution in [0.2, 0.25) is 0 Å². The van der Waals surface area contributed by atoms with Crippen molar-refractivity contribution in [1.82, 2.24) is 4.98 Å². The number of benzene rings is 2. The molecular weight excluding hydrogens is 528 g/mol. The molecule has 0 aliphatic carbocycles. The van der Waals surface area contributed by atoms with Gasteiger partial charge in [-0.3, -0.25) is 14.4 Å². The summed E-state index contributed by atoms with van der Waals surface area (Å²) in [6.07, 6.45) is 0. The van der Waals surface area contributed by atoms with Gasteiger partial charge in [0, 0.05) is 10.8 Å². The van der Waals surface area contributed by atoms with Crippen molar-refractivity contribution in [2.75, 3.05) is 24.7 Å². The summed E-state index contributed by atoms with van der Waals surface area (Å²) in [6.45, 7) is 5.78. The number of thioether (sulfide) groups is 1. The number of nitrogens with zero attached hydrogens (tertiary/aromatic N) is 1. The number of ether oxygens (including phenoxy) is 3. The fourth-order valence-corrected chi connectivity index (χ4v) is 7.28. The van der Waals surface area contributed by atoms with E-state index < -0.39 is 23.1 Å². The van der Waals surface area contributed by atoms with Crippen LogP contribution in [0.25, 0.3) is 0 Å². The maximum absolute atomic E-state index is 13.9. The minimum absolute atomic E-state index is 0.246. The molecule has 3 aromatic rings. The van der Waals surface area contributed by atoms with E-state index in [-0.39, 0.29) is 29.9 Å². The van der Waals surface area contributed by atoms with Crippen LogP contribution in [0.5, 0.6) is 11.5 Å². The van der Waals surface area contributed by atoms with E-state index in [0.29, 0.717) is 39.3 Å². The predicted molar refractivity (Wildman–Crippen MR) is 143 cm³/mol. The van der Waals surface area contributed by atoms with E-state index in [1.807, 2.05) is 26.0 Å². The topological polar surface area (TPSA) is 115 Å². The highest BCUT2D eigenvalue weighted by atomic mass is 32.2. The van der Waals surface area contributed by atoms with Crippen molar-refractivity contribution in [3.8, 4) is 11.5 Å². The van der Waals surface area contributed by atoms with E-state index in [2.05, 4.69) is 4.98 Å². The number of imide groups is 1. The monoisotopic (exact) mass is 554 g/mol. The van der Waals surface area contributed by atoms with Gasteiger partial charge < -0.3 is 19.2 Å². The van der Waals surface area contributed by atoms with Gasteiger partial charge in [0.15, 0.2) is 18.1 Å². The second-order valence-electron chi connectivity index (χ2n) is 8.83. The van der Waals surface area contributed by atoms with Crippen molar-refractivity contribution in [3.63, 3.8) is 0 Å².